The Morgan fingerprint density at radius 3 is 2.73 bits per heavy atom. The smallest absolute Gasteiger partial charge is 0.335 e. The van der Waals surface area contributed by atoms with Crippen LogP contribution in [0.15, 0.2) is 34.7 Å². The second-order valence-corrected chi connectivity index (χ2v) is 10.9. The van der Waals surface area contributed by atoms with E-state index in [9.17, 15) is 4.79 Å². The van der Waals surface area contributed by atoms with Crippen LogP contribution in [0.1, 0.15) is 80.1 Å². The molecule has 4 rings (SSSR count). The molecule has 1 fully saturated rings. The van der Waals surface area contributed by atoms with E-state index < -0.39 is 5.97 Å². The van der Waals surface area contributed by atoms with Gasteiger partial charge in [0, 0.05) is 17.3 Å². The molecule has 2 aliphatic carbocycles. The second-order valence-electron chi connectivity index (χ2n) is 9.25. The molecule has 2 aliphatic rings. The fourth-order valence-corrected chi connectivity index (χ4v) is 6.97. The highest BCUT2D eigenvalue weighted by atomic mass is 32.2. The number of anilines is 1. The average molecular weight is 487 g/mol. The van der Waals surface area contributed by atoms with Crippen LogP contribution in [0.25, 0.3) is 5.57 Å². The van der Waals surface area contributed by atoms with Gasteiger partial charge in [-0.15, -0.1) is 11.3 Å². The van der Waals surface area contributed by atoms with Crippen LogP contribution in [0.4, 0.5) is 5.69 Å². The monoisotopic (exact) mass is 486 g/mol. The number of carboxylic acids is 1. The number of rotatable bonds is 9. The van der Waals surface area contributed by atoms with E-state index in [1.54, 1.807) is 23.5 Å². The van der Waals surface area contributed by atoms with E-state index in [-0.39, 0.29) is 5.56 Å². The number of hydrogen-bond donors (Lipinski definition) is 2. The lowest BCUT2D eigenvalue weighted by molar-refractivity contribution is 0.0696. The highest BCUT2D eigenvalue weighted by molar-refractivity contribution is 8.00. The summed E-state index contributed by atoms with van der Waals surface area (Å²) in [6, 6.07) is 4.82. The minimum absolute atomic E-state index is 0.204. The number of hydrogen-bond acceptors (Lipinski definition) is 6. The van der Waals surface area contributed by atoms with Gasteiger partial charge in [-0.1, -0.05) is 38.7 Å². The van der Waals surface area contributed by atoms with E-state index >= 15 is 0 Å². The summed E-state index contributed by atoms with van der Waals surface area (Å²) in [4.78, 5) is 16.0. The molecule has 1 aromatic heterocycles. The molecule has 1 unspecified atom stereocenters. The summed E-state index contributed by atoms with van der Waals surface area (Å²) in [6.45, 7) is 2.31. The summed E-state index contributed by atoms with van der Waals surface area (Å²) in [5, 5.41) is 13.3. The summed E-state index contributed by atoms with van der Waals surface area (Å²) < 4.78 is 8.59. The standard InChI is InChI=1S/C26H34N2O3S2/c1-3-4-17-5-7-18(8-6-17)19-9-11-20(12-10-19)25-27-24(16-32-25)33-28-22-14-13-21(26(29)30)15-23(22)31-2/h11,13-19,28H,3-10,12H2,1-2H3,(H,29,30)/t17-,18-,19?. The van der Waals surface area contributed by atoms with Crippen LogP contribution in [-0.2, 0) is 0 Å². The topological polar surface area (TPSA) is 71.5 Å². The number of carbonyl (C=O) groups is 1. The zero-order chi connectivity index (χ0) is 23.2. The molecule has 0 spiro atoms. The molecule has 33 heavy (non-hydrogen) atoms. The predicted molar refractivity (Wildman–Crippen MR) is 137 cm³/mol. The van der Waals surface area contributed by atoms with Crippen molar-refractivity contribution < 1.29 is 14.6 Å². The zero-order valence-corrected chi connectivity index (χ0v) is 21.1. The van der Waals surface area contributed by atoms with Crippen molar-refractivity contribution in [2.24, 2.45) is 17.8 Å². The molecule has 5 nitrogen and oxygen atoms in total. The highest BCUT2D eigenvalue weighted by Crippen LogP contribution is 2.42. The Bertz CT molecular complexity index is 980. The summed E-state index contributed by atoms with van der Waals surface area (Å²) >= 11 is 3.13. The lowest BCUT2D eigenvalue weighted by atomic mass is 9.71. The molecule has 1 atom stereocenters. The first-order valence-corrected chi connectivity index (χ1v) is 13.8. The molecule has 1 heterocycles. The Morgan fingerprint density at radius 2 is 2.06 bits per heavy atom. The Kier molecular flexibility index (Phi) is 8.36. The van der Waals surface area contributed by atoms with Crippen LogP contribution in [0.2, 0.25) is 0 Å². The maximum Gasteiger partial charge on any atom is 0.335 e. The first-order chi connectivity index (χ1) is 16.1. The number of nitrogens with zero attached hydrogens (tertiary/aromatic N) is 1. The third-order valence-corrected chi connectivity index (χ3v) is 8.99. The fraction of sp³-hybridized carbons (Fsp3) is 0.538. The van der Waals surface area contributed by atoms with Gasteiger partial charge in [-0.2, -0.15) is 0 Å². The SMILES string of the molecule is CCC[C@H]1CC[C@H](C2CC=C(c3nc(SNc4ccc(C(=O)O)cc4OC)cs3)CC2)CC1. The van der Waals surface area contributed by atoms with Crippen LogP contribution >= 0.6 is 23.3 Å². The third kappa shape index (κ3) is 6.12. The second kappa shape index (κ2) is 11.4. The predicted octanol–water partition coefficient (Wildman–Crippen LogP) is 7.76. The van der Waals surface area contributed by atoms with Crippen molar-refractivity contribution in [1.82, 2.24) is 4.98 Å². The number of nitrogens with one attached hydrogen (secondary N) is 1. The van der Waals surface area contributed by atoms with Crippen molar-refractivity contribution in [2.75, 3.05) is 11.8 Å². The number of ether oxygens (including phenoxy) is 1. The van der Waals surface area contributed by atoms with Gasteiger partial charge in [0.1, 0.15) is 15.8 Å². The molecule has 2 N–H and O–H groups in total. The van der Waals surface area contributed by atoms with Gasteiger partial charge >= 0.3 is 5.97 Å². The zero-order valence-electron chi connectivity index (χ0n) is 19.5. The van der Waals surface area contributed by atoms with E-state index in [0.29, 0.717) is 5.75 Å². The third-order valence-electron chi connectivity index (χ3n) is 7.18. The molecule has 178 valence electrons. The molecular weight excluding hydrogens is 452 g/mol. The summed E-state index contributed by atoms with van der Waals surface area (Å²) in [5.41, 5.74) is 2.33. The normalized spacial score (nSPS) is 23.1. The minimum atomic E-state index is -0.969. The first-order valence-electron chi connectivity index (χ1n) is 12.1. The average Bonchev–Trinajstić information content (AvgIpc) is 3.32. The maximum absolute atomic E-state index is 11.2. The largest absolute Gasteiger partial charge is 0.495 e. The molecular formula is C26H34N2O3S2. The van der Waals surface area contributed by atoms with Crippen molar-refractivity contribution in [3.05, 3.63) is 40.2 Å². The van der Waals surface area contributed by atoms with Crippen molar-refractivity contribution in [3.63, 3.8) is 0 Å². The number of aromatic nitrogens is 1. The molecule has 0 amide bonds. The molecule has 2 aromatic rings. The van der Waals surface area contributed by atoms with Crippen molar-refractivity contribution in [3.8, 4) is 5.75 Å². The Hall–Kier alpha value is -1.99. The van der Waals surface area contributed by atoms with Gasteiger partial charge in [-0.25, -0.2) is 9.78 Å². The van der Waals surface area contributed by atoms with Crippen LogP contribution in [0.5, 0.6) is 5.75 Å². The number of aromatic carboxylic acids is 1. The van der Waals surface area contributed by atoms with E-state index in [4.69, 9.17) is 14.8 Å². The van der Waals surface area contributed by atoms with Gasteiger partial charge in [0.05, 0.1) is 18.4 Å². The van der Waals surface area contributed by atoms with Crippen molar-refractivity contribution in [1.29, 1.82) is 0 Å². The van der Waals surface area contributed by atoms with Gasteiger partial charge in [-0.3, -0.25) is 0 Å². The highest BCUT2D eigenvalue weighted by Gasteiger charge is 2.29. The molecule has 0 aliphatic heterocycles. The van der Waals surface area contributed by atoms with Gasteiger partial charge in [-0.05, 0) is 73.6 Å². The van der Waals surface area contributed by atoms with Crippen LogP contribution < -0.4 is 9.46 Å². The number of benzene rings is 1. The molecule has 1 saturated carbocycles. The van der Waals surface area contributed by atoms with Crippen molar-refractivity contribution in [2.45, 2.75) is 69.7 Å². The van der Waals surface area contributed by atoms with Crippen molar-refractivity contribution >= 4 is 40.5 Å². The summed E-state index contributed by atoms with van der Waals surface area (Å²) in [6.07, 6.45) is 14.6. The first kappa shape index (κ1) is 24.1. The van der Waals surface area contributed by atoms with Crippen LogP contribution in [0.3, 0.4) is 0 Å². The number of carboxylic acid groups (broad SMARTS) is 1. The van der Waals surface area contributed by atoms with E-state index in [1.165, 1.54) is 82.1 Å². The van der Waals surface area contributed by atoms with E-state index in [0.717, 1.165) is 39.9 Å². The Labute approximate surface area is 205 Å². The van der Waals surface area contributed by atoms with Crippen LogP contribution in [-0.4, -0.2) is 23.2 Å². The molecule has 0 bridgehead atoms. The number of methoxy groups -OCH3 is 1. The quantitative estimate of drug-likeness (QED) is 0.353. The lowest BCUT2D eigenvalue weighted by Gasteiger charge is -2.35. The minimum Gasteiger partial charge on any atom is -0.495 e. The van der Waals surface area contributed by atoms with Crippen LogP contribution in [0, 0.1) is 17.8 Å². The Morgan fingerprint density at radius 1 is 1.24 bits per heavy atom. The van der Waals surface area contributed by atoms with E-state index in [1.807, 2.05) is 0 Å². The molecule has 0 radical (unpaired) electrons. The molecule has 0 saturated heterocycles. The van der Waals surface area contributed by atoms with Gasteiger partial charge < -0.3 is 14.6 Å². The fourth-order valence-electron chi connectivity index (χ4n) is 5.30. The van der Waals surface area contributed by atoms with Gasteiger partial charge in [0.25, 0.3) is 0 Å². The maximum atomic E-state index is 11.2. The number of allylic oxidation sites excluding steroid dienone is 2. The van der Waals surface area contributed by atoms with Gasteiger partial charge in [0.15, 0.2) is 0 Å². The number of thiazole rings is 1. The van der Waals surface area contributed by atoms with E-state index in [2.05, 4.69) is 23.1 Å². The summed E-state index contributed by atoms with van der Waals surface area (Å²) in [7, 11) is 1.54. The summed E-state index contributed by atoms with van der Waals surface area (Å²) in [5.74, 6) is 2.29. The Balaban J connectivity index is 1.31. The lowest BCUT2D eigenvalue weighted by Crippen LogP contribution is -2.23. The van der Waals surface area contributed by atoms with Gasteiger partial charge in [0.2, 0.25) is 0 Å². The molecule has 1 aromatic carbocycles. The molecule has 7 heteroatoms.